The SMILES string of the molecule is CN(C)CCN1C[C@H](C(=O)NCc2ccc(C#N)cc2)CC1=O. The average Bonchev–Trinajstić information content (AvgIpc) is 2.92. The second-order valence-electron chi connectivity index (χ2n) is 6.07. The molecule has 6 nitrogen and oxygen atoms in total. The first-order valence-corrected chi connectivity index (χ1v) is 7.69. The van der Waals surface area contributed by atoms with Crippen LogP contribution in [-0.4, -0.2) is 55.3 Å². The first-order valence-electron chi connectivity index (χ1n) is 7.69. The van der Waals surface area contributed by atoms with Gasteiger partial charge in [0.05, 0.1) is 17.6 Å². The van der Waals surface area contributed by atoms with Crippen LogP contribution in [0.15, 0.2) is 24.3 Å². The average molecular weight is 314 g/mol. The smallest absolute Gasteiger partial charge is 0.225 e. The molecule has 1 aromatic carbocycles. The van der Waals surface area contributed by atoms with Gasteiger partial charge in [-0.15, -0.1) is 0 Å². The lowest BCUT2D eigenvalue weighted by Crippen LogP contribution is -2.35. The van der Waals surface area contributed by atoms with Gasteiger partial charge in [-0.3, -0.25) is 9.59 Å². The molecule has 2 amide bonds. The molecule has 1 aliphatic rings. The number of likely N-dealkylation sites (tertiary alicyclic amines) is 1. The maximum Gasteiger partial charge on any atom is 0.225 e. The zero-order valence-corrected chi connectivity index (χ0v) is 13.6. The van der Waals surface area contributed by atoms with E-state index < -0.39 is 0 Å². The molecule has 0 unspecified atom stereocenters. The van der Waals surface area contributed by atoms with Crippen LogP contribution in [0.5, 0.6) is 0 Å². The summed E-state index contributed by atoms with van der Waals surface area (Å²) >= 11 is 0. The van der Waals surface area contributed by atoms with E-state index in [-0.39, 0.29) is 24.2 Å². The van der Waals surface area contributed by atoms with Crippen LogP contribution in [0.2, 0.25) is 0 Å². The summed E-state index contributed by atoms with van der Waals surface area (Å²) < 4.78 is 0. The fourth-order valence-electron chi connectivity index (χ4n) is 2.52. The molecule has 0 spiro atoms. The normalized spacial score (nSPS) is 17.4. The maximum absolute atomic E-state index is 12.2. The standard InChI is InChI=1S/C17H22N4O2/c1-20(2)7-8-21-12-15(9-16(21)22)17(23)19-11-14-5-3-13(10-18)4-6-14/h3-6,15H,7-9,11-12H2,1-2H3,(H,19,23)/t15-/m1/s1. The van der Waals surface area contributed by atoms with E-state index in [1.54, 1.807) is 17.0 Å². The molecule has 0 aromatic heterocycles. The van der Waals surface area contributed by atoms with E-state index in [4.69, 9.17) is 5.26 Å². The monoisotopic (exact) mass is 314 g/mol. The summed E-state index contributed by atoms with van der Waals surface area (Å²) in [4.78, 5) is 27.9. The van der Waals surface area contributed by atoms with Crippen molar-refractivity contribution in [3.63, 3.8) is 0 Å². The zero-order valence-electron chi connectivity index (χ0n) is 13.6. The van der Waals surface area contributed by atoms with Gasteiger partial charge in [0.25, 0.3) is 0 Å². The molecular weight excluding hydrogens is 292 g/mol. The quantitative estimate of drug-likeness (QED) is 0.833. The number of hydrogen-bond donors (Lipinski definition) is 1. The van der Waals surface area contributed by atoms with Crippen LogP contribution in [0.3, 0.4) is 0 Å². The highest BCUT2D eigenvalue weighted by atomic mass is 16.2. The Morgan fingerprint density at radius 2 is 2.09 bits per heavy atom. The fraction of sp³-hybridized carbons (Fsp3) is 0.471. The van der Waals surface area contributed by atoms with Gasteiger partial charge in [0.1, 0.15) is 0 Å². The van der Waals surface area contributed by atoms with Gasteiger partial charge in [0, 0.05) is 32.6 Å². The Morgan fingerprint density at radius 3 is 2.70 bits per heavy atom. The summed E-state index contributed by atoms with van der Waals surface area (Å²) in [6.07, 6.45) is 0.284. The van der Waals surface area contributed by atoms with E-state index in [0.717, 1.165) is 12.1 Å². The number of rotatable bonds is 6. The molecule has 0 radical (unpaired) electrons. The van der Waals surface area contributed by atoms with Crippen molar-refractivity contribution in [1.82, 2.24) is 15.1 Å². The molecule has 1 atom stereocenters. The van der Waals surface area contributed by atoms with Gasteiger partial charge in [-0.25, -0.2) is 0 Å². The van der Waals surface area contributed by atoms with Crippen LogP contribution in [0.25, 0.3) is 0 Å². The predicted octanol–water partition coefficient (Wildman–Crippen LogP) is 0.585. The van der Waals surface area contributed by atoms with Crippen molar-refractivity contribution in [3.05, 3.63) is 35.4 Å². The number of nitrogens with zero attached hydrogens (tertiary/aromatic N) is 3. The Morgan fingerprint density at radius 1 is 1.39 bits per heavy atom. The third-order valence-corrected chi connectivity index (χ3v) is 3.95. The second-order valence-corrected chi connectivity index (χ2v) is 6.07. The Balaban J connectivity index is 1.81. The summed E-state index contributed by atoms with van der Waals surface area (Å²) in [5.41, 5.74) is 1.53. The van der Waals surface area contributed by atoms with Crippen molar-refractivity contribution in [1.29, 1.82) is 5.26 Å². The molecule has 1 fully saturated rings. The predicted molar refractivity (Wildman–Crippen MR) is 86.2 cm³/mol. The molecular formula is C17H22N4O2. The van der Waals surface area contributed by atoms with Crippen LogP contribution >= 0.6 is 0 Å². The fourth-order valence-corrected chi connectivity index (χ4v) is 2.52. The molecule has 122 valence electrons. The molecule has 1 aliphatic heterocycles. The Bertz CT molecular complexity index is 604. The first kappa shape index (κ1) is 17.0. The van der Waals surface area contributed by atoms with Crippen molar-refractivity contribution in [2.45, 2.75) is 13.0 Å². The molecule has 1 aromatic rings. The molecule has 2 rings (SSSR count). The lowest BCUT2D eigenvalue weighted by molar-refractivity contribution is -0.129. The maximum atomic E-state index is 12.2. The van der Waals surface area contributed by atoms with Crippen molar-refractivity contribution in [3.8, 4) is 6.07 Å². The summed E-state index contributed by atoms with van der Waals surface area (Å²) in [6.45, 7) is 2.36. The minimum Gasteiger partial charge on any atom is -0.352 e. The van der Waals surface area contributed by atoms with E-state index in [1.807, 2.05) is 31.1 Å². The summed E-state index contributed by atoms with van der Waals surface area (Å²) in [7, 11) is 3.92. The molecule has 1 N–H and O–H groups in total. The third-order valence-electron chi connectivity index (χ3n) is 3.95. The van der Waals surface area contributed by atoms with Gasteiger partial charge in [-0.05, 0) is 31.8 Å². The molecule has 0 saturated carbocycles. The van der Waals surface area contributed by atoms with Crippen LogP contribution in [0.1, 0.15) is 17.5 Å². The largest absolute Gasteiger partial charge is 0.352 e. The zero-order chi connectivity index (χ0) is 16.8. The molecule has 1 saturated heterocycles. The van der Waals surface area contributed by atoms with Gasteiger partial charge in [-0.1, -0.05) is 12.1 Å². The lowest BCUT2D eigenvalue weighted by Gasteiger charge is -2.19. The molecule has 23 heavy (non-hydrogen) atoms. The highest BCUT2D eigenvalue weighted by Gasteiger charge is 2.33. The highest BCUT2D eigenvalue weighted by molar-refractivity contribution is 5.89. The number of benzene rings is 1. The number of hydrogen-bond acceptors (Lipinski definition) is 4. The Hall–Kier alpha value is -2.39. The van der Waals surface area contributed by atoms with Crippen LogP contribution in [0.4, 0.5) is 0 Å². The number of carbonyl (C=O) groups excluding carboxylic acids is 2. The number of carbonyl (C=O) groups is 2. The molecule has 0 aliphatic carbocycles. The topological polar surface area (TPSA) is 76.4 Å². The van der Waals surface area contributed by atoms with Crippen molar-refractivity contribution < 1.29 is 9.59 Å². The van der Waals surface area contributed by atoms with Crippen LogP contribution in [-0.2, 0) is 16.1 Å². The number of amides is 2. The lowest BCUT2D eigenvalue weighted by atomic mass is 10.1. The molecule has 0 bridgehead atoms. The van der Waals surface area contributed by atoms with Crippen molar-refractivity contribution in [2.24, 2.45) is 5.92 Å². The van der Waals surface area contributed by atoms with Crippen LogP contribution in [0, 0.1) is 17.2 Å². The number of likely N-dealkylation sites (N-methyl/N-ethyl adjacent to an activating group) is 1. The van der Waals surface area contributed by atoms with Gasteiger partial charge < -0.3 is 15.1 Å². The van der Waals surface area contributed by atoms with Gasteiger partial charge in [0.15, 0.2) is 0 Å². The minimum atomic E-state index is -0.275. The van der Waals surface area contributed by atoms with E-state index >= 15 is 0 Å². The number of nitriles is 1. The molecule has 1 heterocycles. The Kier molecular flexibility index (Phi) is 5.72. The van der Waals surface area contributed by atoms with E-state index in [0.29, 0.717) is 25.2 Å². The van der Waals surface area contributed by atoms with Crippen molar-refractivity contribution in [2.75, 3.05) is 33.7 Å². The second kappa shape index (κ2) is 7.75. The first-order chi connectivity index (χ1) is 11.0. The third kappa shape index (κ3) is 4.80. The van der Waals surface area contributed by atoms with Gasteiger partial charge >= 0.3 is 0 Å². The minimum absolute atomic E-state index is 0.0466. The Labute approximate surface area is 136 Å². The molecule has 6 heteroatoms. The van der Waals surface area contributed by atoms with Gasteiger partial charge in [0.2, 0.25) is 11.8 Å². The van der Waals surface area contributed by atoms with Crippen molar-refractivity contribution >= 4 is 11.8 Å². The number of nitrogens with one attached hydrogen (secondary N) is 1. The van der Waals surface area contributed by atoms with E-state index in [9.17, 15) is 9.59 Å². The highest BCUT2D eigenvalue weighted by Crippen LogP contribution is 2.17. The summed E-state index contributed by atoms with van der Waals surface area (Å²) in [5.74, 6) is -0.316. The van der Waals surface area contributed by atoms with E-state index in [2.05, 4.69) is 11.4 Å². The summed E-state index contributed by atoms with van der Waals surface area (Å²) in [6, 6.07) is 9.15. The van der Waals surface area contributed by atoms with Crippen LogP contribution < -0.4 is 5.32 Å². The van der Waals surface area contributed by atoms with E-state index in [1.165, 1.54) is 0 Å². The summed E-state index contributed by atoms with van der Waals surface area (Å²) in [5, 5.41) is 11.6. The van der Waals surface area contributed by atoms with Gasteiger partial charge in [-0.2, -0.15) is 5.26 Å².